The first-order valence-corrected chi connectivity index (χ1v) is 13.6. The summed E-state index contributed by atoms with van der Waals surface area (Å²) in [6.45, 7) is 5.46. The zero-order chi connectivity index (χ0) is 25.7. The molecule has 2 rings (SSSR count). The second-order valence-corrected chi connectivity index (χ2v) is 9.75. The second-order valence-electron chi connectivity index (χ2n) is 8.00. The maximum absolute atomic E-state index is 11.3. The number of anilines is 1. The lowest BCUT2D eigenvalue weighted by Gasteiger charge is -2.19. The van der Waals surface area contributed by atoms with Crippen molar-refractivity contribution < 1.29 is 32.5 Å². The minimum Gasteiger partial charge on any atom is -0.490 e. The summed E-state index contributed by atoms with van der Waals surface area (Å²) in [6, 6.07) is 12.8. The highest BCUT2D eigenvalue weighted by Gasteiger charge is 2.15. The number of benzene rings is 2. The van der Waals surface area contributed by atoms with Gasteiger partial charge >= 0.3 is 5.97 Å². The fourth-order valence-corrected chi connectivity index (χ4v) is 3.87. The summed E-state index contributed by atoms with van der Waals surface area (Å²) in [5, 5.41) is 8.86. The van der Waals surface area contributed by atoms with Crippen LogP contribution in [0, 0.1) is 0 Å². The Morgan fingerprint density at radius 2 is 1.77 bits per heavy atom. The van der Waals surface area contributed by atoms with Gasteiger partial charge in [-0.3, -0.25) is 4.72 Å². The summed E-state index contributed by atoms with van der Waals surface area (Å²) < 4.78 is 43.0. The molecule has 0 radical (unpaired) electrons. The molecule has 0 spiro atoms. The predicted molar refractivity (Wildman–Crippen MR) is 137 cm³/mol. The van der Waals surface area contributed by atoms with Crippen molar-refractivity contribution >= 4 is 21.7 Å². The van der Waals surface area contributed by atoms with Crippen LogP contribution in [0.1, 0.15) is 50.3 Å². The Morgan fingerprint density at radius 1 is 1.06 bits per heavy atom. The molecule has 0 aliphatic carbocycles. The molecule has 0 heterocycles. The monoisotopic (exact) mass is 505 g/mol. The Labute approximate surface area is 208 Å². The highest BCUT2D eigenvalue weighted by atomic mass is 32.2. The van der Waals surface area contributed by atoms with Gasteiger partial charge in [-0.25, -0.2) is 13.2 Å². The Kier molecular flexibility index (Phi) is 11.6. The van der Waals surface area contributed by atoms with Gasteiger partial charge in [0.1, 0.15) is 0 Å². The molecule has 0 aromatic heterocycles. The lowest BCUT2D eigenvalue weighted by Crippen LogP contribution is -2.09. The van der Waals surface area contributed by atoms with Gasteiger partial charge in [-0.1, -0.05) is 37.6 Å². The molecule has 0 aliphatic heterocycles. The van der Waals surface area contributed by atoms with Crippen LogP contribution in [0.4, 0.5) is 5.69 Å². The molecule has 0 aliphatic rings. The summed E-state index contributed by atoms with van der Waals surface area (Å²) in [6.07, 6.45) is 6.50. The van der Waals surface area contributed by atoms with Crippen LogP contribution in [-0.2, 0) is 26.0 Å². The highest BCUT2D eigenvalue weighted by molar-refractivity contribution is 7.92. The SMILES string of the molecule is CCCCOc1cc(C(CC=CC(=O)O)OCC)ccc1OCCc1ccc(NS(C)(=O)=O)cc1. The summed E-state index contributed by atoms with van der Waals surface area (Å²) in [5.41, 5.74) is 2.41. The van der Waals surface area contributed by atoms with E-state index >= 15 is 0 Å². The molecule has 192 valence electrons. The largest absolute Gasteiger partial charge is 0.490 e. The van der Waals surface area contributed by atoms with Crippen LogP contribution in [0.25, 0.3) is 0 Å². The lowest BCUT2D eigenvalue weighted by molar-refractivity contribution is -0.131. The van der Waals surface area contributed by atoms with E-state index in [1.54, 1.807) is 18.2 Å². The Bertz CT molecular complexity index is 1070. The van der Waals surface area contributed by atoms with Gasteiger partial charge in [-0.05, 0) is 55.2 Å². The number of unbranched alkanes of at least 4 members (excludes halogenated alkanes) is 1. The van der Waals surface area contributed by atoms with E-state index in [0.29, 0.717) is 49.8 Å². The van der Waals surface area contributed by atoms with E-state index in [1.807, 2.05) is 37.3 Å². The van der Waals surface area contributed by atoms with E-state index < -0.39 is 16.0 Å². The third kappa shape index (κ3) is 10.8. The maximum Gasteiger partial charge on any atom is 0.327 e. The molecule has 8 nitrogen and oxygen atoms in total. The second kappa shape index (κ2) is 14.4. The minimum absolute atomic E-state index is 0.294. The van der Waals surface area contributed by atoms with Gasteiger partial charge in [0.15, 0.2) is 11.5 Å². The number of hydrogen-bond acceptors (Lipinski definition) is 6. The van der Waals surface area contributed by atoms with E-state index in [0.717, 1.165) is 36.3 Å². The summed E-state index contributed by atoms with van der Waals surface area (Å²) >= 11 is 0. The van der Waals surface area contributed by atoms with Crippen LogP contribution in [0.5, 0.6) is 11.5 Å². The number of sulfonamides is 1. The third-order valence-corrected chi connectivity index (χ3v) is 5.59. The van der Waals surface area contributed by atoms with Crippen LogP contribution in [-0.4, -0.2) is 45.6 Å². The number of carbonyl (C=O) groups is 1. The molecular weight excluding hydrogens is 470 g/mol. The van der Waals surface area contributed by atoms with Crippen molar-refractivity contribution in [1.29, 1.82) is 0 Å². The smallest absolute Gasteiger partial charge is 0.327 e. The fourth-order valence-electron chi connectivity index (χ4n) is 3.31. The normalized spacial score (nSPS) is 12.4. The standard InChI is InChI=1S/C26H35NO7S/c1-4-6-17-33-25-19-21(23(32-5-2)8-7-9-26(28)29)12-15-24(25)34-18-16-20-10-13-22(14-11-20)27-35(3,30)31/h7,9-15,19,23,27H,4-6,8,16-18H2,1-3H3,(H,28,29). The molecule has 2 aromatic carbocycles. The number of carboxylic acids is 1. The highest BCUT2D eigenvalue weighted by Crippen LogP contribution is 2.33. The molecule has 0 saturated carbocycles. The molecular formula is C26H35NO7S. The summed E-state index contributed by atoms with van der Waals surface area (Å²) in [4.78, 5) is 10.8. The molecule has 0 saturated heterocycles. The zero-order valence-electron chi connectivity index (χ0n) is 20.5. The molecule has 35 heavy (non-hydrogen) atoms. The number of rotatable bonds is 16. The van der Waals surface area contributed by atoms with Gasteiger partial charge in [-0.2, -0.15) is 0 Å². The van der Waals surface area contributed by atoms with E-state index in [9.17, 15) is 13.2 Å². The van der Waals surface area contributed by atoms with Crippen molar-refractivity contribution in [3.8, 4) is 11.5 Å². The average Bonchev–Trinajstić information content (AvgIpc) is 2.79. The first-order chi connectivity index (χ1) is 16.7. The van der Waals surface area contributed by atoms with Gasteiger partial charge in [0.05, 0.1) is 25.6 Å². The topological polar surface area (TPSA) is 111 Å². The molecule has 1 atom stereocenters. The Balaban J connectivity index is 2.09. The molecule has 0 amide bonds. The van der Waals surface area contributed by atoms with Crippen LogP contribution in [0.15, 0.2) is 54.6 Å². The van der Waals surface area contributed by atoms with Crippen molar-refractivity contribution in [1.82, 2.24) is 0 Å². The number of ether oxygens (including phenoxy) is 3. The lowest BCUT2D eigenvalue weighted by atomic mass is 10.1. The maximum atomic E-state index is 11.3. The molecule has 0 fully saturated rings. The minimum atomic E-state index is -3.31. The number of nitrogens with one attached hydrogen (secondary N) is 1. The van der Waals surface area contributed by atoms with Crippen LogP contribution >= 0.6 is 0 Å². The van der Waals surface area contributed by atoms with Crippen molar-refractivity contribution in [3.63, 3.8) is 0 Å². The Hall–Kier alpha value is -3.04. The van der Waals surface area contributed by atoms with Gasteiger partial charge < -0.3 is 19.3 Å². The van der Waals surface area contributed by atoms with E-state index in [1.165, 1.54) is 0 Å². The van der Waals surface area contributed by atoms with Crippen molar-refractivity contribution in [3.05, 3.63) is 65.7 Å². The van der Waals surface area contributed by atoms with Crippen molar-refractivity contribution in [2.45, 2.75) is 45.6 Å². The van der Waals surface area contributed by atoms with Crippen molar-refractivity contribution in [2.24, 2.45) is 0 Å². The molecule has 9 heteroatoms. The fraction of sp³-hybridized carbons (Fsp3) is 0.423. The van der Waals surface area contributed by atoms with E-state index in [-0.39, 0.29) is 6.10 Å². The summed E-state index contributed by atoms with van der Waals surface area (Å²) in [5.74, 6) is 0.251. The van der Waals surface area contributed by atoms with Gasteiger partial charge in [-0.15, -0.1) is 0 Å². The molecule has 0 bridgehead atoms. The molecule has 2 aromatic rings. The van der Waals surface area contributed by atoms with Gasteiger partial charge in [0.25, 0.3) is 0 Å². The zero-order valence-corrected chi connectivity index (χ0v) is 21.3. The number of hydrogen-bond donors (Lipinski definition) is 2. The van der Waals surface area contributed by atoms with Crippen LogP contribution < -0.4 is 14.2 Å². The van der Waals surface area contributed by atoms with Crippen molar-refractivity contribution in [2.75, 3.05) is 30.8 Å². The first kappa shape index (κ1) is 28.2. The van der Waals surface area contributed by atoms with Crippen LogP contribution in [0.2, 0.25) is 0 Å². The Morgan fingerprint density at radius 3 is 2.40 bits per heavy atom. The first-order valence-electron chi connectivity index (χ1n) is 11.7. The quantitative estimate of drug-likeness (QED) is 0.245. The van der Waals surface area contributed by atoms with Gasteiger partial charge in [0, 0.05) is 24.8 Å². The number of carboxylic acid groups (broad SMARTS) is 1. The van der Waals surface area contributed by atoms with Gasteiger partial charge in [0.2, 0.25) is 10.0 Å². The average molecular weight is 506 g/mol. The van der Waals surface area contributed by atoms with E-state index in [4.69, 9.17) is 19.3 Å². The van der Waals surface area contributed by atoms with E-state index in [2.05, 4.69) is 11.6 Å². The predicted octanol–water partition coefficient (Wildman–Crippen LogP) is 4.97. The molecule has 1 unspecified atom stereocenters. The third-order valence-electron chi connectivity index (χ3n) is 4.98. The summed E-state index contributed by atoms with van der Waals surface area (Å²) in [7, 11) is -3.31. The molecule has 2 N–H and O–H groups in total. The number of aliphatic carboxylic acids is 1. The van der Waals surface area contributed by atoms with Crippen LogP contribution in [0.3, 0.4) is 0 Å².